The molecule has 1 rings (SSSR count). The van der Waals surface area contributed by atoms with E-state index in [1.54, 1.807) is 0 Å². The molecule has 0 aliphatic rings. The molecule has 3 atom stereocenters. The van der Waals surface area contributed by atoms with Gasteiger partial charge in [0.05, 0.1) is 17.0 Å². The summed E-state index contributed by atoms with van der Waals surface area (Å²) >= 11 is 0. The van der Waals surface area contributed by atoms with E-state index in [1.165, 1.54) is 18.2 Å². The van der Waals surface area contributed by atoms with Crippen LogP contribution in [-0.2, 0) is 10.0 Å². The topological polar surface area (TPSA) is 66.4 Å². The summed E-state index contributed by atoms with van der Waals surface area (Å²) in [7, 11) is -3.81. The number of aliphatic hydroxyl groups excluding tert-OH is 1. The Morgan fingerprint density at radius 3 is 2.40 bits per heavy atom. The number of benzene rings is 1. The molecule has 112 valence electrons. The Balaban J connectivity index is 3.02. The highest BCUT2D eigenvalue weighted by Crippen LogP contribution is 2.17. The summed E-state index contributed by atoms with van der Waals surface area (Å²) in [5.41, 5.74) is 0. The maximum Gasteiger partial charge on any atom is 0.240 e. The molecule has 0 fully saturated rings. The van der Waals surface area contributed by atoms with Crippen LogP contribution in [0.25, 0.3) is 0 Å². The van der Waals surface area contributed by atoms with Gasteiger partial charge in [0, 0.05) is 0 Å². The second kappa shape index (κ2) is 6.97. The van der Waals surface area contributed by atoms with E-state index in [4.69, 9.17) is 0 Å². The van der Waals surface area contributed by atoms with Gasteiger partial charge in [0.15, 0.2) is 0 Å². The number of aliphatic hydroxyl groups is 1. The lowest BCUT2D eigenvalue weighted by Gasteiger charge is -2.27. The molecule has 0 aliphatic heterocycles. The van der Waals surface area contributed by atoms with E-state index >= 15 is 0 Å². The van der Waals surface area contributed by atoms with Crippen molar-refractivity contribution in [3.8, 4) is 0 Å². The first-order valence-corrected chi connectivity index (χ1v) is 7.88. The molecular formula is C14H20FNO3S. The molecule has 0 heterocycles. The molecule has 0 saturated carbocycles. The van der Waals surface area contributed by atoms with Gasteiger partial charge in [0.1, 0.15) is 5.82 Å². The lowest BCUT2D eigenvalue weighted by Crippen LogP contribution is -2.46. The number of halogens is 1. The van der Waals surface area contributed by atoms with Crippen LogP contribution in [0.3, 0.4) is 0 Å². The monoisotopic (exact) mass is 301 g/mol. The molecule has 6 heteroatoms. The fourth-order valence-electron chi connectivity index (χ4n) is 1.78. The molecule has 0 spiro atoms. The van der Waals surface area contributed by atoms with Gasteiger partial charge in [-0.2, -0.15) is 0 Å². The predicted molar refractivity (Wildman–Crippen MR) is 76.2 cm³/mol. The molecule has 20 heavy (non-hydrogen) atoms. The highest BCUT2D eigenvalue weighted by molar-refractivity contribution is 7.89. The van der Waals surface area contributed by atoms with Gasteiger partial charge in [0.2, 0.25) is 10.0 Å². The maximum absolute atomic E-state index is 12.8. The minimum absolute atomic E-state index is 0.0385. The van der Waals surface area contributed by atoms with E-state index in [0.29, 0.717) is 6.42 Å². The fraction of sp³-hybridized carbons (Fsp3) is 0.429. The molecular weight excluding hydrogens is 281 g/mol. The van der Waals surface area contributed by atoms with Crippen molar-refractivity contribution < 1.29 is 17.9 Å². The minimum atomic E-state index is -3.81. The first-order valence-electron chi connectivity index (χ1n) is 6.40. The van der Waals surface area contributed by atoms with E-state index in [-0.39, 0.29) is 10.8 Å². The number of sulfonamides is 1. The van der Waals surface area contributed by atoms with Crippen LogP contribution >= 0.6 is 0 Å². The van der Waals surface area contributed by atoms with Crippen molar-refractivity contribution in [3.63, 3.8) is 0 Å². The molecule has 0 amide bonds. The first kappa shape index (κ1) is 16.8. The molecule has 4 nitrogen and oxygen atoms in total. The van der Waals surface area contributed by atoms with Crippen LogP contribution in [0.15, 0.2) is 41.8 Å². The Kier molecular flexibility index (Phi) is 5.86. The van der Waals surface area contributed by atoms with E-state index < -0.39 is 28.0 Å². The van der Waals surface area contributed by atoms with Crippen LogP contribution in [0.5, 0.6) is 0 Å². The average Bonchev–Trinajstić information content (AvgIpc) is 2.43. The van der Waals surface area contributed by atoms with Crippen molar-refractivity contribution in [2.75, 3.05) is 0 Å². The van der Waals surface area contributed by atoms with E-state index in [9.17, 15) is 17.9 Å². The largest absolute Gasteiger partial charge is 0.387 e. The van der Waals surface area contributed by atoms with Gasteiger partial charge in [-0.3, -0.25) is 0 Å². The SMILES string of the molecule is C=CC(O)[C@@H](NS(=O)(=O)c1ccc(F)cc1)[C@@H](C)CC. The van der Waals surface area contributed by atoms with Crippen LogP contribution in [-0.4, -0.2) is 25.7 Å². The van der Waals surface area contributed by atoms with Crippen molar-refractivity contribution in [3.05, 3.63) is 42.7 Å². The summed E-state index contributed by atoms with van der Waals surface area (Å²) in [5.74, 6) is -0.577. The third-order valence-electron chi connectivity index (χ3n) is 3.28. The molecule has 0 saturated heterocycles. The summed E-state index contributed by atoms with van der Waals surface area (Å²) in [6, 6.07) is 3.86. The Morgan fingerprint density at radius 1 is 1.40 bits per heavy atom. The van der Waals surface area contributed by atoms with Gasteiger partial charge in [-0.1, -0.05) is 26.3 Å². The van der Waals surface area contributed by atoms with Crippen LogP contribution in [0.2, 0.25) is 0 Å². The van der Waals surface area contributed by atoms with Crippen molar-refractivity contribution in [1.29, 1.82) is 0 Å². The van der Waals surface area contributed by atoms with Crippen LogP contribution < -0.4 is 4.72 Å². The van der Waals surface area contributed by atoms with Crippen LogP contribution in [0.1, 0.15) is 20.3 Å². The number of hydrogen-bond donors (Lipinski definition) is 2. The average molecular weight is 301 g/mol. The zero-order valence-electron chi connectivity index (χ0n) is 11.6. The van der Waals surface area contributed by atoms with Crippen LogP contribution in [0.4, 0.5) is 4.39 Å². The summed E-state index contributed by atoms with van der Waals surface area (Å²) < 4.78 is 39.7. The zero-order valence-corrected chi connectivity index (χ0v) is 12.4. The van der Waals surface area contributed by atoms with Crippen molar-refractivity contribution >= 4 is 10.0 Å². The normalized spacial score (nSPS) is 16.4. The Morgan fingerprint density at radius 2 is 1.95 bits per heavy atom. The van der Waals surface area contributed by atoms with Gasteiger partial charge in [0.25, 0.3) is 0 Å². The molecule has 1 unspecified atom stereocenters. The van der Waals surface area contributed by atoms with Gasteiger partial charge in [-0.15, -0.1) is 6.58 Å². The summed E-state index contributed by atoms with van der Waals surface area (Å²) in [6.45, 7) is 7.22. The second-order valence-corrected chi connectivity index (χ2v) is 6.43. The lowest BCUT2D eigenvalue weighted by molar-refractivity contribution is 0.153. The fourth-order valence-corrected chi connectivity index (χ4v) is 3.14. The molecule has 0 bridgehead atoms. The number of hydrogen-bond acceptors (Lipinski definition) is 3. The zero-order chi connectivity index (χ0) is 15.3. The Bertz CT molecular complexity index is 542. The maximum atomic E-state index is 12.8. The highest BCUT2D eigenvalue weighted by Gasteiger charge is 2.28. The van der Waals surface area contributed by atoms with Gasteiger partial charge in [-0.05, 0) is 30.2 Å². The predicted octanol–water partition coefficient (Wildman–Crippen LogP) is 2.07. The van der Waals surface area contributed by atoms with Gasteiger partial charge in [-0.25, -0.2) is 17.5 Å². The highest BCUT2D eigenvalue weighted by atomic mass is 32.2. The third kappa shape index (κ3) is 4.13. The summed E-state index contributed by atoms with van der Waals surface area (Å²) in [6.07, 6.45) is 1.01. The number of nitrogens with one attached hydrogen (secondary N) is 1. The molecule has 0 radical (unpaired) electrons. The minimum Gasteiger partial charge on any atom is -0.387 e. The third-order valence-corrected chi connectivity index (χ3v) is 4.76. The molecule has 1 aromatic carbocycles. The quantitative estimate of drug-likeness (QED) is 0.758. The molecule has 2 N–H and O–H groups in total. The van der Waals surface area contributed by atoms with Crippen molar-refractivity contribution in [2.24, 2.45) is 5.92 Å². The number of rotatable bonds is 7. The second-order valence-electron chi connectivity index (χ2n) is 4.71. The summed E-state index contributed by atoms with van der Waals surface area (Å²) in [4.78, 5) is -0.0385. The lowest BCUT2D eigenvalue weighted by atomic mass is 9.95. The van der Waals surface area contributed by atoms with E-state index in [1.807, 2.05) is 13.8 Å². The van der Waals surface area contributed by atoms with Crippen LogP contribution in [0, 0.1) is 11.7 Å². The Labute approximate surface area is 119 Å². The van der Waals surface area contributed by atoms with Crippen molar-refractivity contribution in [1.82, 2.24) is 4.72 Å². The van der Waals surface area contributed by atoms with Gasteiger partial charge >= 0.3 is 0 Å². The molecule has 0 aromatic heterocycles. The molecule has 0 aliphatic carbocycles. The standard InChI is InChI=1S/C14H20FNO3S/c1-4-10(3)14(13(17)5-2)16-20(18,19)12-8-6-11(15)7-9-12/h5-10,13-14,16-17H,2,4H2,1,3H3/t10-,13?,14-/m0/s1. The Hall–Kier alpha value is -1.24. The first-order chi connectivity index (χ1) is 9.31. The van der Waals surface area contributed by atoms with E-state index in [0.717, 1.165) is 12.1 Å². The van der Waals surface area contributed by atoms with E-state index in [2.05, 4.69) is 11.3 Å². The van der Waals surface area contributed by atoms with Crippen molar-refractivity contribution in [2.45, 2.75) is 37.3 Å². The van der Waals surface area contributed by atoms with Gasteiger partial charge < -0.3 is 5.11 Å². The smallest absolute Gasteiger partial charge is 0.240 e. The molecule has 1 aromatic rings. The summed E-state index contributed by atoms with van der Waals surface area (Å²) in [5, 5.41) is 9.87.